The van der Waals surface area contributed by atoms with Crippen molar-refractivity contribution in [2.24, 2.45) is 4.99 Å². The molecule has 0 unspecified atom stereocenters. The lowest BCUT2D eigenvalue weighted by Gasteiger charge is -1.98. The van der Waals surface area contributed by atoms with Crippen molar-refractivity contribution in [2.75, 3.05) is 0 Å². The predicted molar refractivity (Wildman–Crippen MR) is 78.2 cm³/mol. The van der Waals surface area contributed by atoms with Crippen LogP contribution in [-0.2, 0) is 9.53 Å². The highest BCUT2D eigenvalue weighted by atomic mass is 19.1. The molecule has 1 heterocycles. The van der Waals surface area contributed by atoms with E-state index in [1.54, 1.807) is 18.2 Å². The van der Waals surface area contributed by atoms with Crippen molar-refractivity contribution < 1.29 is 13.9 Å². The summed E-state index contributed by atoms with van der Waals surface area (Å²) in [4.78, 5) is 16.0. The van der Waals surface area contributed by atoms with Crippen molar-refractivity contribution in [1.82, 2.24) is 0 Å². The highest BCUT2D eigenvalue weighted by Gasteiger charge is 2.24. The van der Waals surface area contributed by atoms with E-state index in [0.717, 1.165) is 11.1 Å². The average Bonchev–Trinajstić information content (AvgIpc) is 2.83. The van der Waals surface area contributed by atoms with Crippen molar-refractivity contribution in [1.29, 1.82) is 0 Å². The molecule has 1 aliphatic heterocycles. The molecule has 3 rings (SSSR count). The second-order valence-corrected chi connectivity index (χ2v) is 4.76. The molecule has 0 spiro atoms. The predicted octanol–water partition coefficient (Wildman–Crippen LogP) is 3.48. The Morgan fingerprint density at radius 3 is 2.62 bits per heavy atom. The third kappa shape index (κ3) is 2.89. The maximum absolute atomic E-state index is 13.2. The SMILES string of the molecule is Cc1ccc(C=C2N=C(c3cccc(F)c3)OC2=O)cc1. The minimum absolute atomic E-state index is 0.123. The fourth-order valence-corrected chi connectivity index (χ4v) is 1.97. The zero-order valence-electron chi connectivity index (χ0n) is 11.3. The van der Waals surface area contributed by atoms with Gasteiger partial charge in [0.05, 0.1) is 0 Å². The Balaban J connectivity index is 1.93. The molecule has 4 heteroatoms. The van der Waals surface area contributed by atoms with Crippen LogP contribution in [-0.4, -0.2) is 11.9 Å². The largest absolute Gasteiger partial charge is 0.402 e. The molecule has 0 saturated carbocycles. The first-order valence-corrected chi connectivity index (χ1v) is 6.47. The van der Waals surface area contributed by atoms with E-state index >= 15 is 0 Å². The molecule has 104 valence electrons. The van der Waals surface area contributed by atoms with Crippen LogP contribution in [0, 0.1) is 12.7 Å². The molecule has 2 aromatic rings. The number of aryl methyl sites for hydroxylation is 1. The normalized spacial score (nSPS) is 16.0. The van der Waals surface area contributed by atoms with Crippen LogP contribution in [0.5, 0.6) is 0 Å². The van der Waals surface area contributed by atoms with Crippen LogP contribution >= 0.6 is 0 Å². The number of rotatable bonds is 2. The number of benzene rings is 2. The van der Waals surface area contributed by atoms with Gasteiger partial charge >= 0.3 is 5.97 Å². The van der Waals surface area contributed by atoms with Gasteiger partial charge in [-0.2, -0.15) is 0 Å². The first kappa shape index (κ1) is 13.2. The van der Waals surface area contributed by atoms with E-state index in [1.165, 1.54) is 12.1 Å². The number of hydrogen-bond acceptors (Lipinski definition) is 3. The number of carbonyl (C=O) groups is 1. The quantitative estimate of drug-likeness (QED) is 0.624. The summed E-state index contributed by atoms with van der Waals surface area (Å²) in [5, 5.41) is 0. The molecule has 0 atom stereocenters. The van der Waals surface area contributed by atoms with Crippen LogP contribution in [0.15, 0.2) is 59.2 Å². The number of esters is 1. The molecule has 3 nitrogen and oxygen atoms in total. The topological polar surface area (TPSA) is 38.7 Å². The third-order valence-electron chi connectivity index (χ3n) is 3.07. The summed E-state index contributed by atoms with van der Waals surface area (Å²) in [5.74, 6) is -0.810. The van der Waals surface area contributed by atoms with E-state index in [0.29, 0.717) is 5.56 Å². The van der Waals surface area contributed by atoms with Crippen molar-refractivity contribution in [3.63, 3.8) is 0 Å². The van der Waals surface area contributed by atoms with E-state index in [1.807, 2.05) is 31.2 Å². The Kier molecular flexibility index (Phi) is 3.36. The molecular formula is C17H12FNO2. The first-order valence-electron chi connectivity index (χ1n) is 6.47. The summed E-state index contributed by atoms with van der Waals surface area (Å²) in [7, 11) is 0. The van der Waals surface area contributed by atoms with Crippen molar-refractivity contribution in [3.05, 3.63) is 76.7 Å². The molecule has 0 amide bonds. The molecule has 1 aliphatic rings. The summed E-state index contributed by atoms with van der Waals surface area (Å²) in [6.07, 6.45) is 1.65. The van der Waals surface area contributed by atoms with Gasteiger partial charge in [-0.25, -0.2) is 14.2 Å². The van der Waals surface area contributed by atoms with Crippen LogP contribution in [0.3, 0.4) is 0 Å². The maximum atomic E-state index is 13.2. The van der Waals surface area contributed by atoms with Crippen molar-refractivity contribution >= 4 is 17.9 Å². The van der Waals surface area contributed by atoms with Gasteiger partial charge < -0.3 is 4.74 Å². The summed E-state index contributed by atoms with van der Waals surface area (Å²) in [5.41, 5.74) is 2.64. The monoisotopic (exact) mass is 281 g/mol. The van der Waals surface area contributed by atoms with Gasteiger partial charge in [-0.15, -0.1) is 0 Å². The van der Waals surface area contributed by atoms with Gasteiger partial charge in [0.25, 0.3) is 0 Å². The first-order chi connectivity index (χ1) is 10.1. The molecular weight excluding hydrogens is 269 g/mol. The number of aliphatic imine (C=N–C) groups is 1. The number of cyclic esters (lactones) is 1. The van der Waals surface area contributed by atoms with Crippen LogP contribution in [0.4, 0.5) is 4.39 Å². The lowest BCUT2D eigenvalue weighted by Crippen LogP contribution is -2.05. The van der Waals surface area contributed by atoms with E-state index < -0.39 is 11.8 Å². The van der Waals surface area contributed by atoms with Crippen LogP contribution in [0.2, 0.25) is 0 Å². The zero-order chi connectivity index (χ0) is 14.8. The molecule has 21 heavy (non-hydrogen) atoms. The molecule has 0 aliphatic carbocycles. The average molecular weight is 281 g/mol. The highest BCUT2D eigenvalue weighted by Crippen LogP contribution is 2.19. The summed E-state index contributed by atoms with van der Waals surface area (Å²) >= 11 is 0. The Hall–Kier alpha value is -2.75. The molecule has 0 fully saturated rings. The lowest BCUT2D eigenvalue weighted by atomic mass is 10.1. The van der Waals surface area contributed by atoms with Gasteiger partial charge in [0, 0.05) is 5.56 Å². The Labute approximate surface area is 121 Å². The van der Waals surface area contributed by atoms with E-state index in [9.17, 15) is 9.18 Å². The highest BCUT2D eigenvalue weighted by molar-refractivity contribution is 6.12. The summed E-state index contributed by atoms with van der Waals surface area (Å²) in [6.45, 7) is 1.99. The smallest absolute Gasteiger partial charge is 0.363 e. The standard InChI is InChI=1S/C17H12FNO2/c1-11-5-7-12(8-6-11)9-15-17(20)21-16(19-15)13-3-2-4-14(18)10-13/h2-10H,1H3. The van der Waals surface area contributed by atoms with Gasteiger partial charge in [0.2, 0.25) is 5.90 Å². The number of nitrogens with zero attached hydrogens (tertiary/aromatic N) is 1. The maximum Gasteiger partial charge on any atom is 0.363 e. The van der Waals surface area contributed by atoms with E-state index in [2.05, 4.69) is 4.99 Å². The van der Waals surface area contributed by atoms with Crippen molar-refractivity contribution in [2.45, 2.75) is 6.92 Å². The number of hydrogen-bond donors (Lipinski definition) is 0. The van der Waals surface area contributed by atoms with Crippen molar-refractivity contribution in [3.8, 4) is 0 Å². The minimum Gasteiger partial charge on any atom is -0.402 e. The Morgan fingerprint density at radius 2 is 1.90 bits per heavy atom. The molecule has 0 saturated heterocycles. The van der Waals surface area contributed by atoms with Crippen LogP contribution < -0.4 is 0 Å². The summed E-state index contributed by atoms with van der Waals surface area (Å²) in [6, 6.07) is 13.5. The number of halogens is 1. The number of ether oxygens (including phenoxy) is 1. The van der Waals surface area contributed by atoms with Gasteiger partial charge in [0.1, 0.15) is 5.82 Å². The molecule has 0 bridgehead atoms. The minimum atomic E-state index is -0.533. The Morgan fingerprint density at radius 1 is 1.14 bits per heavy atom. The molecule has 0 N–H and O–H groups in total. The third-order valence-corrected chi connectivity index (χ3v) is 3.07. The molecule has 0 radical (unpaired) electrons. The van der Waals surface area contributed by atoms with Crippen LogP contribution in [0.1, 0.15) is 16.7 Å². The van der Waals surface area contributed by atoms with Gasteiger partial charge in [0.15, 0.2) is 5.70 Å². The van der Waals surface area contributed by atoms with Gasteiger partial charge in [-0.3, -0.25) is 0 Å². The summed E-state index contributed by atoms with van der Waals surface area (Å²) < 4.78 is 18.3. The second-order valence-electron chi connectivity index (χ2n) is 4.76. The van der Waals surface area contributed by atoms with Gasteiger partial charge in [-0.1, -0.05) is 35.9 Å². The van der Waals surface area contributed by atoms with E-state index in [4.69, 9.17) is 4.74 Å². The van der Waals surface area contributed by atoms with E-state index in [-0.39, 0.29) is 11.6 Å². The fourth-order valence-electron chi connectivity index (χ4n) is 1.97. The fraction of sp³-hybridized carbons (Fsp3) is 0.0588. The Bertz CT molecular complexity index is 761. The number of carbonyl (C=O) groups excluding carboxylic acids is 1. The lowest BCUT2D eigenvalue weighted by molar-refractivity contribution is -0.129. The molecule has 0 aromatic heterocycles. The molecule has 2 aromatic carbocycles. The second kappa shape index (κ2) is 5.32. The zero-order valence-corrected chi connectivity index (χ0v) is 11.3. The van der Waals surface area contributed by atoms with Gasteiger partial charge in [-0.05, 0) is 36.8 Å². The van der Waals surface area contributed by atoms with Crippen LogP contribution in [0.25, 0.3) is 6.08 Å².